The first-order valence-corrected chi connectivity index (χ1v) is 7.55. The summed E-state index contributed by atoms with van der Waals surface area (Å²) in [7, 11) is 0. The van der Waals surface area contributed by atoms with E-state index >= 15 is 0 Å². The Morgan fingerprint density at radius 2 is 1.75 bits per heavy atom. The minimum absolute atomic E-state index is 0.128. The first-order valence-electron chi connectivity index (χ1n) is 6.73. The number of aliphatic hydroxyl groups is 2. The van der Waals surface area contributed by atoms with Crippen LogP contribution < -0.4 is 5.32 Å². The summed E-state index contributed by atoms with van der Waals surface area (Å²) < 4.78 is 0. The molecule has 0 fully saturated rings. The number of anilines is 2. The van der Waals surface area contributed by atoms with Crippen LogP contribution in [0, 0.1) is 0 Å². The van der Waals surface area contributed by atoms with Gasteiger partial charge in [-0.3, -0.25) is 0 Å². The summed E-state index contributed by atoms with van der Waals surface area (Å²) in [4.78, 5) is 2.37. The van der Waals surface area contributed by atoms with Gasteiger partial charge in [-0.05, 0) is 42.2 Å². The Labute approximate surface area is 122 Å². The number of nitrogens with one attached hydrogen (secondary N) is 1. The summed E-state index contributed by atoms with van der Waals surface area (Å²) in [5.41, 5.74) is 4.42. The number of fused-ring (bicyclic) bond motifs is 2. The maximum Gasteiger partial charge on any atom is 0.0559 e. The van der Waals surface area contributed by atoms with Crippen LogP contribution in [0.5, 0.6) is 0 Å². The van der Waals surface area contributed by atoms with Crippen molar-refractivity contribution < 1.29 is 10.2 Å². The first-order chi connectivity index (χ1) is 9.81. The molecule has 1 aliphatic heterocycles. The van der Waals surface area contributed by atoms with Crippen LogP contribution >= 0.6 is 11.8 Å². The minimum atomic E-state index is 0.128. The Bertz CT molecular complexity index is 628. The zero-order chi connectivity index (χ0) is 13.9. The van der Waals surface area contributed by atoms with Crippen molar-refractivity contribution in [1.82, 2.24) is 0 Å². The van der Waals surface area contributed by atoms with Crippen molar-refractivity contribution in [2.75, 3.05) is 18.5 Å². The van der Waals surface area contributed by atoms with Gasteiger partial charge in [0, 0.05) is 23.0 Å². The second-order valence-electron chi connectivity index (χ2n) is 4.80. The molecule has 0 saturated carbocycles. The molecule has 0 aliphatic carbocycles. The predicted octanol–water partition coefficient (Wildman–Crippen LogP) is 2.96. The van der Waals surface area contributed by atoms with Gasteiger partial charge in [0.2, 0.25) is 0 Å². The van der Waals surface area contributed by atoms with Crippen LogP contribution in [0.15, 0.2) is 46.2 Å². The van der Waals surface area contributed by atoms with Crippen molar-refractivity contribution >= 4 is 23.1 Å². The lowest BCUT2D eigenvalue weighted by Gasteiger charge is -2.24. The second kappa shape index (κ2) is 5.87. The second-order valence-corrected chi connectivity index (χ2v) is 5.88. The van der Waals surface area contributed by atoms with Crippen LogP contribution in [-0.4, -0.2) is 23.4 Å². The van der Waals surface area contributed by atoms with E-state index in [0.29, 0.717) is 12.8 Å². The van der Waals surface area contributed by atoms with Crippen molar-refractivity contribution in [3.05, 3.63) is 47.5 Å². The molecule has 2 aromatic rings. The Hall–Kier alpha value is -1.49. The number of hydrogen-bond acceptors (Lipinski definition) is 4. The van der Waals surface area contributed by atoms with Crippen LogP contribution in [0.3, 0.4) is 0 Å². The molecule has 3 rings (SSSR count). The van der Waals surface area contributed by atoms with Gasteiger partial charge in [-0.25, -0.2) is 0 Å². The van der Waals surface area contributed by atoms with Gasteiger partial charge in [0.25, 0.3) is 0 Å². The van der Waals surface area contributed by atoms with Crippen molar-refractivity contribution in [2.45, 2.75) is 22.6 Å². The van der Waals surface area contributed by atoms with Crippen molar-refractivity contribution in [1.29, 1.82) is 0 Å². The van der Waals surface area contributed by atoms with Gasteiger partial charge in [-0.1, -0.05) is 30.0 Å². The molecule has 0 aromatic heterocycles. The molecule has 3 nitrogen and oxygen atoms in total. The van der Waals surface area contributed by atoms with E-state index in [4.69, 9.17) is 5.11 Å². The maximum absolute atomic E-state index is 9.25. The summed E-state index contributed by atoms with van der Waals surface area (Å²) in [5, 5.41) is 21.9. The van der Waals surface area contributed by atoms with Crippen LogP contribution in [0.1, 0.15) is 11.1 Å². The van der Waals surface area contributed by atoms with Crippen LogP contribution in [-0.2, 0) is 12.8 Å². The summed E-state index contributed by atoms with van der Waals surface area (Å²) >= 11 is 1.74. The van der Waals surface area contributed by atoms with Gasteiger partial charge < -0.3 is 15.5 Å². The van der Waals surface area contributed by atoms with Gasteiger partial charge >= 0.3 is 0 Å². The largest absolute Gasteiger partial charge is 0.396 e. The molecule has 0 atom stereocenters. The fourth-order valence-electron chi connectivity index (χ4n) is 2.46. The highest BCUT2D eigenvalue weighted by Gasteiger charge is 2.18. The fraction of sp³-hybridized carbons (Fsp3) is 0.250. The molecular weight excluding hydrogens is 270 g/mol. The molecule has 0 radical (unpaired) electrons. The normalized spacial score (nSPS) is 12.5. The van der Waals surface area contributed by atoms with E-state index in [1.807, 2.05) is 12.1 Å². The molecule has 1 heterocycles. The van der Waals surface area contributed by atoms with Crippen LogP contribution in [0.25, 0.3) is 0 Å². The van der Waals surface area contributed by atoms with Gasteiger partial charge in [0.1, 0.15) is 0 Å². The van der Waals surface area contributed by atoms with Crippen LogP contribution in [0.2, 0.25) is 0 Å². The summed E-state index contributed by atoms with van der Waals surface area (Å²) in [6.07, 6.45) is 1.27. The van der Waals surface area contributed by atoms with Crippen molar-refractivity contribution in [2.24, 2.45) is 0 Å². The molecule has 4 heteroatoms. The van der Waals surface area contributed by atoms with Crippen molar-refractivity contribution in [3.63, 3.8) is 0 Å². The van der Waals surface area contributed by atoms with E-state index in [0.717, 1.165) is 27.4 Å². The molecule has 0 bridgehead atoms. The molecule has 0 spiro atoms. The van der Waals surface area contributed by atoms with Crippen molar-refractivity contribution in [3.8, 4) is 0 Å². The lowest BCUT2D eigenvalue weighted by molar-refractivity contribution is 0.298. The zero-order valence-corrected chi connectivity index (χ0v) is 11.9. The number of hydrogen-bond donors (Lipinski definition) is 3. The quantitative estimate of drug-likeness (QED) is 0.690. The Balaban J connectivity index is 2.04. The van der Waals surface area contributed by atoms with Gasteiger partial charge in [0.05, 0.1) is 11.4 Å². The summed E-state index contributed by atoms with van der Waals surface area (Å²) in [5.74, 6) is 0. The van der Waals surface area contributed by atoms with E-state index in [1.165, 1.54) is 4.90 Å². The van der Waals surface area contributed by atoms with E-state index in [2.05, 4.69) is 29.6 Å². The van der Waals surface area contributed by atoms with E-state index in [-0.39, 0.29) is 13.2 Å². The average Bonchev–Trinajstić information content (AvgIpc) is 2.46. The van der Waals surface area contributed by atoms with Gasteiger partial charge in [0.15, 0.2) is 0 Å². The molecular formula is C16H17NO2S. The smallest absolute Gasteiger partial charge is 0.0559 e. The van der Waals surface area contributed by atoms with E-state index < -0.39 is 0 Å². The maximum atomic E-state index is 9.25. The molecule has 3 N–H and O–H groups in total. The standard InChI is InChI=1S/C16H17NO2S/c18-7-5-11-9-12(6-8-19)16-15(10-11)20-14-4-2-1-3-13(14)17-16/h1-4,9-10,17-19H,5-8H2. The third-order valence-electron chi connectivity index (χ3n) is 3.39. The molecule has 20 heavy (non-hydrogen) atoms. The highest BCUT2D eigenvalue weighted by Crippen LogP contribution is 2.46. The molecule has 0 saturated heterocycles. The van der Waals surface area contributed by atoms with Gasteiger partial charge in [-0.2, -0.15) is 0 Å². The number of para-hydroxylation sites is 1. The SMILES string of the molecule is OCCc1cc(CCO)c2c(c1)Sc1ccccc1N2. The molecule has 104 valence electrons. The highest BCUT2D eigenvalue weighted by molar-refractivity contribution is 7.99. The topological polar surface area (TPSA) is 52.5 Å². The molecule has 0 unspecified atom stereocenters. The van der Waals surface area contributed by atoms with Gasteiger partial charge in [-0.15, -0.1) is 0 Å². The number of rotatable bonds is 4. The third-order valence-corrected chi connectivity index (χ3v) is 4.51. The third kappa shape index (κ3) is 2.54. The fourth-order valence-corrected chi connectivity index (χ4v) is 3.57. The Morgan fingerprint density at radius 3 is 2.55 bits per heavy atom. The average molecular weight is 287 g/mol. The minimum Gasteiger partial charge on any atom is -0.396 e. The lowest BCUT2D eigenvalue weighted by Crippen LogP contribution is -2.06. The predicted molar refractivity (Wildman–Crippen MR) is 81.9 cm³/mol. The Morgan fingerprint density at radius 1 is 0.950 bits per heavy atom. The monoisotopic (exact) mass is 287 g/mol. The lowest BCUT2D eigenvalue weighted by atomic mass is 10.0. The molecule has 2 aromatic carbocycles. The van der Waals surface area contributed by atoms with E-state index in [9.17, 15) is 5.11 Å². The molecule has 0 amide bonds. The molecule has 1 aliphatic rings. The van der Waals surface area contributed by atoms with E-state index in [1.54, 1.807) is 11.8 Å². The Kier molecular flexibility index (Phi) is 3.96. The number of benzene rings is 2. The summed E-state index contributed by atoms with van der Waals surface area (Å²) in [6, 6.07) is 12.4. The highest BCUT2D eigenvalue weighted by atomic mass is 32.2. The zero-order valence-electron chi connectivity index (χ0n) is 11.1. The first kappa shape index (κ1) is 13.5. The number of aliphatic hydroxyl groups excluding tert-OH is 2. The van der Waals surface area contributed by atoms with Crippen LogP contribution in [0.4, 0.5) is 11.4 Å². The summed E-state index contributed by atoms with van der Waals surface area (Å²) in [6.45, 7) is 0.273.